The number of nitrogens with one attached hydrogen (secondary N) is 2. The van der Waals surface area contributed by atoms with Crippen LogP contribution in [0.3, 0.4) is 0 Å². The molecular weight excluding hydrogens is 685 g/mol. The Kier molecular flexibility index (Phi) is 7.64. The monoisotopic (exact) mass is 720 g/mol. The van der Waals surface area contributed by atoms with E-state index < -0.39 is 0 Å². The molecule has 0 saturated heterocycles. The first-order valence-corrected chi connectivity index (χ1v) is 19.1. The van der Waals surface area contributed by atoms with E-state index in [4.69, 9.17) is 9.41 Å². The molecule has 8 aromatic carbocycles. The van der Waals surface area contributed by atoms with Crippen molar-refractivity contribution in [2.45, 2.75) is 12.3 Å². The van der Waals surface area contributed by atoms with Crippen molar-refractivity contribution in [1.82, 2.24) is 15.2 Å². The van der Waals surface area contributed by atoms with Gasteiger partial charge in [-0.25, -0.2) is 4.99 Å². The molecular formula is C51H36N4O. The van der Waals surface area contributed by atoms with Crippen LogP contribution in [-0.4, -0.2) is 10.4 Å². The van der Waals surface area contributed by atoms with Gasteiger partial charge in [0.05, 0.1) is 16.4 Å². The van der Waals surface area contributed by atoms with Gasteiger partial charge in [-0.05, 0) is 75.8 Å². The second-order valence-electron chi connectivity index (χ2n) is 14.4. The van der Waals surface area contributed by atoms with Crippen LogP contribution >= 0.6 is 0 Å². The molecule has 2 atom stereocenters. The predicted octanol–water partition coefficient (Wildman–Crippen LogP) is 12.4. The lowest BCUT2D eigenvalue weighted by atomic mass is 9.99. The number of furan rings is 1. The quantitative estimate of drug-likeness (QED) is 0.180. The number of aliphatic imine (C=N–C) groups is 1. The number of rotatable bonds is 6. The third kappa shape index (κ3) is 5.40. The molecule has 5 nitrogen and oxygen atoms in total. The minimum absolute atomic E-state index is 0.220. The molecule has 0 amide bonds. The summed E-state index contributed by atoms with van der Waals surface area (Å²) in [5.74, 6) is 0.809. The lowest BCUT2D eigenvalue weighted by Gasteiger charge is -2.32. The average molecular weight is 721 g/mol. The number of hydrogen-bond acceptors (Lipinski definition) is 4. The Morgan fingerprint density at radius 2 is 1.12 bits per heavy atom. The van der Waals surface area contributed by atoms with Crippen LogP contribution in [0.4, 0.5) is 0 Å². The predicted molar refractivity (Wildman–Crippen MR) is 230 cm³/mol. The summed E-state index contributed by atoms with van der Waals surface area (Å²) in [6, 6.07) is 68.5. The summed E-state index contributed by atoms with van der Waals surface area (Å²) in [6.07, 6.45) is -0.542. The van der Waals surface area contributed by atoms with E-state index >= 15 is 0 Å². The molecule has 0 aliphatic carbocycles. The highest BCUT2D eigenvalue weighted by Gasteiger charge is 2.28. The average Bonchev–Trinajstić information content (AvgIpc) is 3.83. The van der Waals surface area contributed by atoms with E-state index in [1.807, 2.05) is 0 Å². The molecule has 0 spiro atoms. The van der Waals surface area contributed by atoms with Gasteiger partial charge in [0.1, 0.15) is 29.3 Å². The molecule has 0 radical (unpaired) electrons. The highest BCUT2D eigenvalue weighted by molar-refractivity contribution is 6.28. The normalized spacial score (nSPS) is 15.7. The second kappa shape index (κ2) is 13.3. The molecule has 5 heteroatoms. The summed E-state index contributed by atoms with van der Waals surface area (Å²) in [5, 5.41) is 12.2. The summed E-state index contributed by atoms with van der Waals surface area (Å²) in [5.41, 5.74) is 13.0. The fraction of sp³-hybridized carbons (Fsp3) is 0.0392. The van der Waals surface area contributed by atoms with Crippen LogP contribution in [0, 0.1) is 0 Å². The lowest BCUT2D eigenvalue weighted by molar-refractivity contribution is 0.409. The Balaban J connectivity index is 1.12. The molecule has 11 rings (SSSR count). The van der Waals surface area contributed by atoms with Crippen LogP contribution in [0.25, 0.3) is 71.7 Å². The lowest BCUT2D eigenvalue weighted by Crippen LogP contribution is -2.45. The number of para-hydroxylation sites is 2. The van der Waals surface area contributed by atoms with Crippen molar-refractivity contribution in [3.63, 3.8) is 0 Å². The largest absolute Gasteiger partial charge is 0.456 e. The van der Waals surface area contributed by atoms with Crippen LogP contribution < -0.4 is 10.6 Å². The van der Waals surface area contributed by atoms with Crippen LogP contribution in [0.5, 0.6) is 0 Å². The fourth-order valence-corrected chi connectivity index (χ4v) is 8.46. The Morgan fingerprint density at radius 3 is 1.91 bits per heavy atom. The molecule has 10 aromatic rings. The van der Waals surface area contributed by atoms with E-state index in [2.05, 4.69) is 209 Å². The van der Waals surface area contributed by atoms with Crippen molar-refractivity contribution < 1.29 is 4.42 Å². The minimum atomic E-state index is -0.321. The van der Waals surface area contributed by atoms with Crippen molar-refractivity contribution in [2.24, 2.45) is 4.99 Å². The SMILES string of the molecule is c1ccc(-c2ccc(C3NC(c4cccc5oc6ccc7c8ccccc8n(-c8ccccc8)c7c6c45)=NC(c4cccc(-c5ccccc5)c4)N3)cc2)cc1. The van der Waals surface area contributed by atoms with Gasteiger partial charge in [-0.2, -0.15) is 0 Å². The third-order valence-electron chi connectivity index (χ3n) is 11.1. The number of fused-ring (bicyclic) bond motifs is 7. The van der Waals surface area contributed by atoms with Crippen molar-refractivity contribution >= 4 is 49.6 Å². The molecule has 2 unspecified atom stereocenters. The van der Waals surface area contributed by atoms with E-state index in [0.29, 0.717) is 0 Å². The summed E-state index contributed by atoms with van der Waals surface area (Å²) in [4.78, 5) is 5.48. The Hall–Kier alpha value is -7.21. The maximum Gasteiger partial charge on any atom is 0.137 e. The second-order valence-corrected chi connectivity index (χ2v) is 14.4. The maximum atomic E-state index is 6.71. The highest BCUT2D eigenvalue weighted by Crippen LogP contribution is 2.42. The van der Waals surface area contributed by atoms with Crippen LogP contribution in [0.2, 0.25) is 0 Å². The van der Waals surface area contributed by atoms with E-state index in [0.717, 1.165) is 66.7 Å². The number of hydrogen-bond donors (Lipinski definition) is 2. The number of benzene rings is 8. The van der Waals surface area contributed by atoms with Gasteiger partial charge in [0, 0.05) is 27.4 Å². The number of amidine groups is 1. The molecule has 2 N–H and O–H groups in total. The Bertz CT molecular complexity index is 3070. The van der Waals surface area contributed by atoms with Crippen LogP contribution in [-0.2, 0) is 0 Å². The maximum absolute atomic E-state index is 6.71. The van der Waals surface area contributed by atoms with Crippen LogP contribution in [0.15, 0.2) is 204 Å². The molecule has 266 valence electrons. The summed E-state index contributed by atoms with van der Waals surface area (Å²) in [7, 11) is 0. The van der Waals surface area contributed by atoms with E-state index in [-0.39, 0.29) is 12.3 Å². The minimum Gasteiger partial charge on any atom is -0.456 e. The molecule has 1 aliphatic heterocycles. The standard InChI is InChI=1S/C51H36N4O/c1-4-14-33(15-5-1)35-26-28-36(29-27-35)49-52-50(38-19-12-18-37(32-38)34-16-6-2-7-17-34)54-51(53-49)42-23-13-25-44-46(42)47-45(56-44)31-30-41-40-22-10-11-24-43(40)55(48(41)47)39-20-8-3-9-21-39/h1-32,49-50,52H,(H,53,54). The smallest absolute Gasteiger partial charge is 0.137 e. The summed E-state index contributed by atoms with van der Waals surface area (Å²) >= 11 is 0. The van der Waals surface area contributed by atoms with Gasteiger partial charge in [0.2, 0.25) is 0 Å². The van der Waals surface area contributed by atoms with Gasteiger partial charge in [0.25, 0.3) is 0 Å². The zero-order valence-electron chi connectivity index (χ0n) is 30.4. The molecule has 0 bridgehead atoms. The molecule has 0 saturated carbocycles. The number of aromatic nitrogens is 1. The summed E-state index contributed by atoms with van der Waals surface area (Å²) in [6.45, 7) is 0. The first-order valence-electron chi connectivity index (χ1n) is 19.1. The molecule has 1 aliphatic rings. The van der Waals surface area contributed by atoms with Gasteiger partial charge in [0.15, 0.2) is 0 Å². The molecule has 0 fully saturated rings. The third-order valence-corrected chi connectivity index (χ3v) is 11.1. The Labute approximate surface area is 324 Å². The Morgan fingerprint density at radius 1 is 0.482 bits per heavy atom. The van der Waals surface area contributed by atoms with Gasteiger partial charge in [-0.15, -0.1) is 0 Å². The topological polar surface area (TPSA) is 54.5 Å². The number of nitrogens with zero attached hydrogens (tertiary/aromatic N) is 2. The zero-order chi connectivity index (χ0) is 37.0. The van der Waals surface area contributed by atoms with Crippen LogP contribution in [0.1, 0.15) is 29.0 Å². The fourth-order valence-electron chi connectivity index (χ4n) is 8.46. The first-order chi connectivity index (χ1) is 27.8. The van der Waals surface area contributed by atoms with E-state index in [1.54, 1.807) is 0 Å². The zero-order valence-corrected chi connectivity index (χ0v) is 30.4. The van der Waals surface area contributed by atoms with Crippen molar-refractivity contribution in [3.05, 3.63) is 211 Å². The van der Waals surface area contributed by atoms with Gasteiger partial charge in [-0.1, -0.05) is 152 Å². The highest BCUT2D eigenvalue weighted by atomic mass is 16.3. The molecule has 3 heterocycles. The van der Waals surface area contributed by atoms with Crippen molar-refractivity contribution in [2.75, 3.05) is 0 Å². The molecule has 56 heavy (non-hydrogen) atoms. The van der Waals surface area contributed by atoms with Crippen molar-refractivity contribution in [1.29, 1.82) is 0 Å². The van der Waals surface area contributed by atoms with Gasteiger partial charge in [-0.3, -0.25) is 5.32 Å². The summed E-state index contributed by atoms with van der Waals surface area (Å²) < 4.78 is 9.09. The van der Waals surface area contributed by atoms with E-state index in [1.165, 1.54) is 27.5 Å². The van der Waals surface area contributed by atoms with Gasteiger partial charge >= 0.3 is 0 Å². The first kappa shape index (κ1) is 32.2. The van der Waals surface area contributed by atoms with Gasteiger partial charge < -0.3 is 14.3 Å². The van der Waals surface area contributed by atoms with E-state index in [9.17, 15) is 0 Å². The van der Waals surface area contributed by atoms with Crippen molar-refractivity contribution in [3.8, 4) is 27.9 Å². The molecule has 2 aromatic heterocycles.